The van der Waals surface area contributed by atoms with Crippen molar-refractivity contribution in [1.82, 2.24) is 0 Å². The Morgan fingerprint density at radius 2 is 2.05 bits per heavy atom. The van der Waals surface area contributed by atoms with E-state index in [9.17, 15) is 9.90 Å². The highest BCUT2D eigenvalue weighted by molar-refractivity contribution is 5.90. The fourth-order valence-corrected chi connectivity index (χ4v) is 2.23. The number of phenolic OH excluding ortho intramolecular Hbond substituents is 1. The molecular weight excluding hydrogens is 256 g/mol. The van der Waals surface area contributed by atoms with Gasteiger partial charge in [-0.2, -0.15) is 0 Å². The molecule has 102 valence electrons. The Balaban J connectivity index is 1.69. The molecule has 1 unspecified atom stereocenters. The van der Waals surface area contributed by atoms with Gasteiger partial charge in [0, 0.05) is 6.42 Å². The van der Waals surface area contributed by atoms with E-state index in [0.717, 1.165) is 11.3 Å². The average molecular weight is 270 g/mol. The highest BCUT2D eigenvalue weighted by atomic mass is 16.6. The van der Waals surface area contributed by atoms with Gasteiger partial charge >= 0.3 is 5.97 Å². The van der Waals surface area contributed by atoms with Gasteiger partial charge in [-0.3, -0.25) is 0 Å². The molecule has 1 aliphatic heterocycles. The zero-order valence-corrected chi connectivity index (χ0v) is 10.8. The number of hydrogen-bond acceptors (Lipinski definition) is 4. The molecule has 4 heteroatoms. The zero-order chi connectivity index (χ0) is 13.9. The summed E-state index contributed by atoms with van der Waals surface area (Å²) in [4.78, 5) is 12.0. The van der Waals surface area contributed by atoms with Gasteiger partial charge in [0.15, 0.2) is 0 Å². The van der Waals surface area contributed by atoms with Gasteiger partial charge in [0.25, 0.3) is 0 Å². The minimum Gasteiger partial charge on any atom is -0.508 e. The van der Waals surface area contributed by atoms with Gasteiger partial charge in [0.05, 0.1) is 5.56 Å². The number of rotatable bonds is 2. The third-order valence-corrected chi connectivity index (χ3v) is 3.20. The average Bonchev–Trinajstić information content (AvgIpc) is 2.47. The minimum absolute atomic E-state index is 0.0460. The summed E-state index contributed by atoms with van der Waals surface area (Å²) < 4.78 is 11.0. The van der Waals surface area contributed by atoms with Gasteiger partial charge in [0.2, 0.25) is 0 Å². The maximum absolute atomic E-state index is 12.0. The quantitative estimate of drug-likeness (QED) is 0.852. The maximum atomic E-state index is 12.0. The largest absolute Gasteiger partial charge is 0.508 e. The standard InChI is InChI=1S/C16H14O4/c17-13-6-3-5-12(8-13)16(18)20-14-9-11-4-1-2-7-15(11)19-10-14/h1-8,14,17H,9-10H2. The van der Waals surface area contributed by atoms with Crippen LogP contribution in [0.15, 0.2) is 48.5 Å². The van der Waals surface area contributed by atoms with Crippen LogP contribution in [-0.4, -0.2) is 23.8 Å². The third kappa shape index (κ3) is 2.59. The highest BCUT2D eigenvalue weighted by Crippen LogP contribution is 2.25. The Labute approximate surface area is 116 Å². The normalized spacial score (nSPS) is 16.9. The van der Waals surface area contributed by atoms with Gasteiger partial charge in [0.1, 0.15) is 24.2 Å². The number of benzene rings is 2. The first-order valence-corrected chi connectivity index (χ1v) is 6.43. The summed E-state index contributed by atoms with van der Waals surface area (Å²) in [5.74, 6) is 0.440. The van der Waals surface area contributed by atoms with Gasteiger partial charge in [-0.25, -0.2) is 4.79 Å². The van der Waals surface area contributed by atoms with E-state index in [0.29, 0.717) is 18.6 Å². The Morgan fingerprint density at radius 3 is 2.90 bits per heavy atom. The van der Waals surface area contributed by atoms with E-state index in [1.165, 1.54) is 12.1 Å². The topological polar surface area (TPSA) is 55.8 Å². The lowest BCUT2D eigenvalue weighted by Gasteiger charge is -2.25. The second-order valence-electron chi connectivity index (χ2n) is 4.70. The molecule has 20 heavy (non-hydrogen) atoms. The molecule has 0 saturated carbocycles. The van der Waals surface area contributed by atoms with Crippen LogP contribution in [0.3, 0.4) is 0 Å². The fourth-order valence-electron chi connectivity index (χ4n) is 2.23. The molecule has 0 aliphatic carbocycles. The van der Waals surface area contributed by atoms with E-state index in [1.54, 1.807) is 12.1 Å². The van der Waals surface area contributed by atoms with E-state index >= 15 is 0 Å². The Morgan fingerprint density at radius 1 is 1.20 bits per heavy atom. The molecular formula is C16H14O4. The maximum Gasteiger partial charge on any atom is 0.338 e. The molecule has 3 rings (SSSR count). The number of fused-ring (bicyclic) bond motifs is 1. The monoisotopic (exact) mass is 270 g/mol. The Bertz CT molecular complexity index is 636. The van der Waals surface area contributed by atoms with Gasteiger partial charge in [-0.1, -0.05) is 24.3 Å². The number of phenols is 1. The number of hydrogen-bond donors (Lipinski definition) is 1. The predicted octanol–water partition coefficient (Wildman–Crippen LogP) is 2.55. The summed E-state index contributed by atoms with van der Waals surface area (Å²) in [6, 6.07) is 13.8. The second-order valence-corrected chi connectivity index (χ2v) is 4.70. The van der Waals surface area contributed by atoms with Crippen molar-refractivity contribution in [3.8, 4) is 11.5 Å². The van der Waals surface area contributed by atoms with Crippen LogP contribution >= 0.6 is 0 Å². The lowest BCUT2D eigenvalue weighted by atomic mass is 10.0. The third-order valence-electron chi connectivity index (χ3n) is 3.20. The van der Waals surface area contributed by atoms with Gasteiger partial charge in [-0.05, 0) is 29.8 Å². The first-order chi connectivity index (χ1) is 9.72. The lowest BCUT2D eigenvalue weighted by Crippen LogP contribution is -2.31. The highest BCUT2D eigenvalue weighted by Gasteiger charge is 2.23. The SMILES string of the molecule is O=C(OC1COc2ccccc2C1)c1cccc(O)c1. The van der Waals surface area contributed by atoms with Gasteiger partial charge in [-0.15, -0.1) is 0 Å². The molecule has 0 bridgehead atoms. The molecule has 0 fully saturated rings. The van der Waals surface area contributed by atoms with Crippen LogP contribution in [0.5, 0.6) is 11.5 Å². The smallest absolute Gasteiger partial charge is 0.338 e. The number of carbonyl (C=O) groups is 1. The van der Waals surface area contributed by atoms with Crippen molar-refractivity contribution in [1.29, 1.82) is 0 Å². The Hall–Kier alpha value is -2.49. The first-order valence-electron chi connectivity index (χ1n) is 6.43. The minimum atomic E-state index is -0.450. The van der Waals surface area contributed by atoms with Crippen molar-refractivity contribution in [2.75, 3.05) is 6.61 Å². The van der Waals surface area contributed by atoms with Crippen LogP contribution in [0, 0.1) is 0 Å². The van der Waals surface area contributed by atoms with Crippen molar-refractivity contribution < 1.29 is 19.4 Å². The molecule has 0 saturated heterocycles. The number of aromatic hydroxyl groups is 1. The number of esters is 1. The summed E-state index contributed by atoms with van der Waals surface area (Å²) in [5, 5.41) is 9.37. The molecule has 1 atom stereocenters. The van der Waals surface area contributed by atoms with Crippen LogP contribution < -0.4 is 4.74 Å². The van der Waals surface area contributed by atoms with Crippen LogP contribution in [-0.2, 0) is 11.2 Å². The van der Waals surface area contributed by atoms with E-state index in [4.69, 9.17) is 9.47 Å². The molecule has 0 spiro atoms. The molecule has 0 radical (unpaired) electrons. The summed E-state index contributed by atoms with van der Waals surface area (Å²) in [7, 11) is 0. The van der Waals surface area contributed by atoms with Crippen molar-refractivity contribution in [2.45, 2.75) is 12.5 Å². The van der Waals surface area contributed by atoms with Crippen molar-refractivity contribution in [3.05, 3.63) is 59.7 Å². The second kappa shape index (κ2) is 5.25. The molecule has 2 aromatic carbocycles. The summed E-state index contributed by atoms with van der Waals surface area (Å²) in [6.45, 7) is 0.349. The zero-order valence-electron chi connectivity index (χ0n) is 10.8. The molecule has 1 heterocycles. The number of para-hydroxylation sites is 1. The first kappa shape index (κ1) is 12.5. The van der Waals surface area contributed by atoms with Crippen LogP contribution in [0.4, 0.5) is 0 Å². The van der Waals surface area contributed by atoms with E-state index in [1.807, 2.05) is 24.3 Å². The molecule has 2 aromatic rings. The van der Waals surface area contributed by atoms with E-state index in [2.05, 4.69) is 0 Å². The number of carbonyl (C=O) groups excluding carboxylic acids is 1. The molecule has 1 aliphatic rings. The molecule has 1 N–H and O–H groups in total. The van der Waals surface area contributed by atoms with Crippen molar-refractivity contribution in [3.63, 3.8) is 0 Å². The van der Waals surface area contributed by atoms with E-state index < -0.39 is 5.97 Å². The summed E-state index contributed by atoms with van der Waals surface area (Å²) >= 11 is 0. The summed E-state index contributed by atoms with van der Waals surface area (Å²) in [6.07, 6.45) is 0.334. The number of ether oxygens (including phenoxy) is 2. The lowest BCUT2D eigenvalue weighted by molar-refractivity contribution is 0.0132. The predicted molar refractivity (Wildman–Crippen MR) is 73.0 cm³/mol. The fraction of sp³-hybridized carbons (Fsp3) is 0.188. The Kier molecular flexibility index (Phi) is 3.29. The molecule has 0 amide bonds. The van der Waals surface area contributed by atoms with Crippen LogP contribution in [0.2, 0.25) is 0 Å². The van der Waals surface area contributed by atoms with Crippen molar-refractivity contribution >= 4 is 5.97 Å². The van der Waals surface area contributed by atoms with Crippen LogP contribution in [0.1, 0.15) is 15.9 Å². The van der Waals surface area contributed by atoms with Crippen LogP contribution in [0.25, 0.3) is 0 Å². The molecule has 4 nitrogen and oxygen atoms in total. The van der Waals surface area contributed by atoms with Gasteiger partial charge < -0.3 is 14.6 Å². The van der Waals surface area contributed by atoms with Crippen molar-refractivity contribution in [2.24, 2.45) is 0 Å². The molecule has 0 aromatic heterocycles. The van der Waals surface area contributed by atoms with E-state index in [-0.39, 0.29) is 11.9 Å². The summed E-state index contributed by atoms with van der Waals surface area (Å²) in [5.41, 5.74) is 1.37.